The van der Waals surface area contributed by atoms with Gasteiger partial charge in [0.2, 0.25) is 0 Å². The van der Waals surface area contributed by atoms with Crippen LogP contribution in [0.15, 0.2) is 12.1 Å². The molecule has 0 heterocycles. The maximum atomic E-state index is 5.82. The molecule has 1 aromatic carbocycles. The minimum Gasteiger partial charge on any atom is -0.493 e. The van der Waals surface area contributed by atoms with Gasteiger partial charge in [-0.1, -0.05) is 19.9 Å². The van der Waals surface area contributed by atoms with Crippen molar-refractivity contribution in [2.75, 3.05) is 12.3 Å². The summed E-state index contributed by atoms with van der Waals surface area (Å²) in [7, 11) is 0. The van der Waals surface area contributed by atoms with Crippen LogP contribution >= 0.6 is 0 Å². The Morgan fingerprint density at radius 1 is 1.21 bits per heavy atom. The van der Waals surface area contributed by atoms with Crippen LogP contribution in [0.25, 0.3) is 0 Å². The standard InChI is InChI=1S/C12H19NO/c1-8(2)7-14-12-6-11(13)9(3)5-10(12)4/h5-6,8H,7,13H2,1-4H3. The highest BCUT2D eigenvalue weighted by atomic mass is 16.5. The Morgan fingerprint density at radius 2 is 1.86 bits per heavy atom. The number of benzene rings is 1. The number of hydrogen-bond donors (Lipinski definition) is 1. The van der Waals surface area contributed by atoms with Crippen LogP contribution in [0.4, 0.5) is 5.69 Å². The molecule has 0 saturated heterocycles. The topological polar surface area (TPSA) is 35.2 Å². The van der Waals surface area contributed by atoms with Crippen molar-refractivity contribution in [3.8, 4) is 5.75 Å². The summed E-state index contributed by atoms with van der Waals surface area (Å²) in [6.45, 7) is 9.06. The van der Waals surface area contributed by atoms with Crippen molar-refractivity contribution in [3.63, 3.8) is 0 Å². The summed E-state index contributed by atoms with van der Waals surface area (Å²) in [6, 6.07) is 3.97. The number of hydrogen-bond acceptors (Lipinski definition) is 2. The van der Waals surface area contributed by atoms with Gasteiger partial charge in [-0.15, -0.1) is 0 Å². The fourth-order valence-corrected chi connectivity index (χ4v) is 1.26. The Labute approximate surface area is 86.1 Å². The van der Waals surface area contributed by atoms with Gasteiger partial charge in [0, 0.05) is 11.8 Å². The largest absolute Gasteiger partial charge is 0.493 e. The Hall–Kier alpha value is -1.18. The first kappa shape index (κ1) is 10.9. The summed E-state index contributed by atoms with van der Waals surface area (Å²) in [5.74, 6) is 1.44. The van der Waals surface area contributed by atoms with Crippen molar-refractivity contribution in [1.29, 1.82) is 0 Å². The molecule has 0 unspecified atom stereocenters. The highest BCUT2D eigenvalue weighted by molar-refractivity contribution is 5.54. The van der Waals surface area contributed by atoms with Gasteiger partial charge >= 0.3 is 0 Å². The lowest BCUT2D eigenvalue weighted by Crippen LogP contribution is -2.06. The molecule has 2 N–H and O–H groups in total. The van der Waals surface area contributed by atoms with E-state index >= 15 is 0 Å². The lowest BCUT2D eigenvalue weighted by Gasteiger charge is -2.13. The third kappa shape index (κ3) is 2.66. The zero-order valence-corrected chi connectivity index (χ0v) is 9.42. The van der Waals surface area contributed by atoms with E-state index in [1.54, 1.807) is 0 Å². The second kappa shape index (κ2) is 4.36. The maximum Gasteiger partial charge on any atom is 0.124 e. The number of ether oxygens (including phenoxy) is 1. The monoisotopic (exact) mass is 193 g/mol. The fraction of sp³-hybridized carbons (Fsp3) is 0.500. The molecule has 0 aliphatic carbocycles. The highest BCUT2D eigenvalue weighted by Crippen LogP contribution is 2.24. The van der Waals surface area contributed by atoms with Crippen molar-refractivity contribution in [2.45, 2.75) is 27.7 Å². The maximum absolute atomic E-state index is 5.82. The second-order valence-corrected chi connectivity index (χ2v) is 4.18. The van der Waals surface area contributed by atoms with E-state index in [4.69, 9.17) is 10.5 Å². The van der Waals surface area contributed by atoms with Gasteiger partial charge in [0.15, 0.2) is 0 Å². The summed E-state index contributed by atoms with van der Waals surface area (Å²) >= 11 is 0. The first-order chi connectivity index (χ1) is 6.50. The molecule has 14 heavy (non-hydrogen) atoms. The van der Waals surface area contributed by atoms with E-state index in [0.717, 1.165) is 29.2 Å². The molecular weight excluding hydrogens is 174 g/mol. The van der Waals surface area contributed by atoms with Crippen LogP contribution in [0.2, 0.25) is 0 Å². The molecule has 0 saturated carbocycles. The molecule has 0 amide bonds. The van der Waals surface area contributed by atoms with Crippen molar-refractivity contribution in [3.05, 3.63) is 23.3 Å². The summed E-state index contributed by atoms with van der Waals surface area (Å²) in [4.78, 5) is 0. The Morgan fingerprint density at radius 3 is 2.43 bits per heavy atom. The van der Waals surface area contributed by atoms with E-state index in [1.165, 1.54) is 0 Å². The zero-order valence-electron chi connectivity index (χ0n) is 9.42. The van der Waals surface area contributed by atoms with E-state index in [9.17, 15) is 0 Å². The average molecular weight is 193 g/mol. The second-order valence-electron chi connectivity index (χ2n) is 4.18. The molecule has 0 spiro atoms. The number of nitrogens with two attached hydrogens (primary N) is 1. The van der Waals surface area contributed by atoms with Gasteiger partial charge in [-0.25, -0.2) is 0 Å². The molecule has 78 valence electrons. The van der Waals surface area contributed by atoms with Crippen molar-refractivity contribution >= 4 is 5.69 Å². The molecule has 0 radical (unpaired) electrons. The minimum atomic E-state index is 0.539. The van der Waals surface area contributed by atoms with Gasteiger partial charge in [-0.3, -0.25) is 0 Å². The first-order valence-corrected chi connectivity index (χ1v) is 5.00. The zero-order chi connectivity index (χ0) is 10.7. The molecule has 0 aliphatic heterocycles. The van der Waals surface area contributed by atoms with Crippen LogP contribution in [0, 0.1) is 19.8 Å². The normalized spacial score (nSPS) is 10.6. The smallest absolute Gasteiger partial charge is 0.124 e. The quantitative estimate of drug-likeness (QED) is 0.749. The summed E-state index contributed by atoms with van der Waals surface area (Å²) < 4.78 is 5.65. The van der Waals surface area contributed by atoms with E-state index in [0.29, 0.717) is 5.92 Å². The Kier molecular flexibility index (Phi) is 3.39. The molecule has 0 fully saturated rings. The van der Waals surface area contributed by atoms with Gasteiger partial charge in [0.1, 0.15) is 5.75 Å². The molecule has 0 bridgehead atoms. The minimum absolute atomic E-state index is 0.539. The van der Waals surface area contributed by atoms with Crippen molar-refractivity contribution in [1.82, 2.24) is 0 Å². The molecule has 0 atom stereocenters. The van der Waals surface area contributed by atoms with Crippen LogP contribution in [-0.2, 0) is 0 Å². The Balaban J connectivity index is 2.82. The Bertz CT molecular complexity index is 318. The number of rotatable bonds is 3. The summed E-state index contributed by atoms with van der Waals surface area (Å²) in [5.41, 5.74) is 8.88. The average Bonchev–Trinajstić information content (AvgIpc) is 2.09. The predicted molar refractivity (Wildman–Crippen MR) is 60.7 cm³/mol. The van der Waals surface area contributed by atoms with Gasteiger partial charge in [0.25, 0.3) is 0 Å². The number of aryl methyl sites for hydroxylation is 2. The third-order valence-electron chi connectivity index (χ3n) is 2.14. The van der Waals surface area contributed by atoms with Crippen molar-refractivity contribution in [2.24, 2.45) is 5.92 Å². The van der Waals surface area contributed by atoms with Gasteiger partial charge in [0.05, 0.1) is 6.61 Å². The third-order valence-corrected chi connectivity index (χ3v) is 2.14. The van der Waals surface area contributed by atoms with Crippen LogP contribution in [0.1, 0.15) is 25.0 Å². The number of nitrogen functional groups attached to an aromatic ring is 1. The SMILES string of the molecule is Cc1cc(C)c(OCC(C)C)cc1N. The molecule has 0 aliphatic rings. The van der Waals surface area contributed by atoms with E-state index in [1.807, 2.05) is 19.9 Å². The molecule has 1 aromatic rings. The highest BCUT2D eigenvalue weighted by Gasteiger charge is 2.04. The predicted octanol–water partition coefficient (Wildman–Crippen LogP) is 2.92. The van der Waals surface area contributed by atoms with Crippen LogP contribution in [-0.4, -0.2) is 6.61 Å². The van der Waals surface area contributed by atoms with Crippen LogP contribution < -0.4 is 10.5 Å². The number of anilines is 1. The van der Waals surface area contributed by atoms with Gasteiger partial charge in [-0.2, -0.15) is 0 Å². The molecule has 0 aromatic heterocycles. The van der Waals surface area contributed by atoms with E-state index < -0.39 is 0 Å². The molecule has 2 heteroatoms. The van der Waals surface area contributed by atoms with Gasteiger partial charge < -0.3 is 10.5 Å². The van der Waals surface area contributed by atoms with E-state index in [-0.39, 0.29) is 0 Å². The van der Waals surface area contributed by atoms with Crippen LogP contribution in [0.5, 0.6) is 5.75 Å². The van der Waals surface area contributed by atoms with Crippen LogP contribution in [0.3, 0.4) is 0 Å². The lowest BCUT2D eigenvalue weighted by molar-refractivity contribution is 0.269. The lowest BCUT2D eigenvalue weighted by atomic mass is 10.1. The molecule has 1 rings (SSSR count). The summed E-state index contributed by atoms with van der Waals surface area (Å²) in [6.07, 6.45) is 0. The van der Waals surface area contributed by atoms with E-state index in [2.05, 4.69) is 19.9 Å². The molecule has 2 nitrogen and oxygen atoms in total. The van der Waals surface area contributed by atoms with Crippen molar-refractivity contribution < 1.29 is 4.74 Å². The first-order valence-electron chi connectivity index (χ1n) is 5.00. The molecular formula is C12H19NO. The fourth-order valence-electron chi connectivity index (χ4n) is 1.26. The summed E-state index contributed by atoms with van der Waals surface area (Å²) in [5, 5.41) is 0. The van der Waals surface area contributed by atoms with Gasteiger partial charge in [-0.05, 0) is 30.9 Å².